The number of aromatic nitrogens is 2. The molecular weight excluding hydrogens is 376 g/mol. The lowest BCUT2D eigenvalue weighted by Crippen LogP contribution is -2.31. The van der Waals surface area contributed by atoms with Gasteiger partial charge in [-0.3, -0.25) is 9.59 Å². The van der Waals surface area contributed by atoms with Gasteiger partial charge in [0.25, 0.3) is 0 Å². The summed E-state index contributed by atoms with van der Waals surface area (Å²) in [5.41, 5.74) is 1.47. The molecule has 0 saturated carbocycles. The molecule has 1 saturated heterocycles. The molecule has 0 aliphatic carbocycles. The molecule has 2 aromatic rings. The Labute approximate surface area is 159 Å². The maximum absolute atomic E-state index is 11.4. The van der Waals surface area contributed by atoms with Gasteiger partial charge in [-0.25, -0.2) is 0 Å². The highest BCUT2D eigenvalue weighted by Crippen LogP contribution is 2.42. The molecule has 0 amide bonds. The topological polar surface area (TPSA) is 106 Å². The number of hydrogen-bond donors (Lipinski definition) is 0. The van der Waals surface area contributed by atoms with Crippen LogP contribution >= 0.6 is 11.3 Å². The van der Waals surface area contributed by atoms with Crippen molar-refractivity contribution < 1.29 is 33.3 Å². The van der Waals surface area contributed by atoms with Crippen molar-refractivity contribution in [2.75, 3.05) is 20.8 Å². The number of hydrogen-bond acceptors (Lipinski definition) is 10. The number of ether oxygens (including phenoxy) is 5. The van der Waals surface area contributed by atoms with E-state index in [-0.39, 0.29) is 18.7 Å². The fraction of sp³-hybridized carbons (Fsp3) is 0.529. The molecule has 1 fully saturated rings. The van der Waals surface area contributed by atoms with Gasteiger partial charge in [0.05, 0.1) is 25.8 Å². The third-order valence-electron chi connectivity index (χ3n) is 4.08. The van der Waals surface area contributed by atoms with E-state index in [1.165, 1.54) is 39.4 Å². The standard InChI is InChI=1S/C17H20N2O7S/c1-8(20)24-6-13-12(25-9(2)21)5-11(26-13)10-7-27-15-14(10)18-17(23-4)19-16(15)22-3/h7,11-13H,5-6H2,1-4H3/t11-,12+,13-/m1/s1. The Bertz CT molecular complexity index is 853. The number of carbonyl (C=O) groups is 2. The lowest BCUT2D eigenvalue weighted by atomic mass is 10.1. The van der Waals surface area contributed by atoms with Gasteiger partial charge in [0.1, 0.15) is 23.5 Å². The van der Waals surface area contributed by atoms with Gasteiger partial charge >= 0.3 is 17.9 Å². The Hall–Kier alpha value is -2.46. The van der Waals surface area contributed by atoms with E-state index in [2.05, 4.69) is 9.97 Å². The smallest absolute Gasteiger partial charge is 0.320 e. The van der Waals surface area contributed by atoms with Crippen LogP contribution in [-0.2, 0) is 23.8 Å². The summed E-state index contributed by atoms with van der Waals surface area (Å²) in [5.74, 6) is -0.427. The summed E-state index contributed by atoms with van der Waals surface area (Å²) in [4.78, 5) is 31.1. The van der Waals surface area contributed by atoms with Gasteiger partial charge in [0.2, 0.25) is 5.88 Å². The van der Waals surface area contributed by atoms with E-state index in [1.807, 2.05) is 5.38 Å². The average molecular weight is 396 g/mol. The number of methoxy groups -OCH3 is 2. The van der Waals surface area contributed by atoms with Crippen LogP contribution in [0, 0.1) is 0 Å². The number of nitrogens with zero attached hydrogens (tertiary/aromatic N) is 2. The van der Waals surface area contributed by atoms with E-state index in [1.54, 1.807) is 0 Å². The monoisotopic (exact) mass is 396 g/mol. The highest BCUT2D eigenvalue weighted by molar-refractivity contribution is 7.17. The van der Waals surface area contributed by atoms with Crippen LogP contribution in [0.25, 0.3) is 10.2 Å². The van der Waals surface area contributed by atoms with Gasteiger partial charge < -0.3 is 23.7 Å². The van der Waals surface area contributed by atoms with Gasteiger partial charge in [-0.05, 0) is 5.38 Å². The molecule has 1 aliphatic heterocycles. The Morgan fingerprint density at radius 2 is 2.00 bits per heavy atom. The second-order valence-electron chi connectivity index (χ2n) is 5.94. The van der Waals surface area contributed by atoms with Crippen molar-refractivity contribution in [3.8, 4) is 11.9 Å². The second kappa shape index (κ2) is 8.05. The van der Waals surface area contributed by atoms with Gasteiger partial charge in [0.15, 0.2) is 0 Å². The van der Waals surface area contributed by atoms with Gasteiger partial charge in [0, 0.05) is 25.8 Å². The van der Waals surface area contributed by atoms with Crippen LogP contribution < -0.4 is 9.47 Å². The minimum atomic E-state index is -0.552. The predicted molar refractivity (Wildman–Crippen MR) is 94.9 cm³/mol. The molecule has 146 valence electrons. The summed E-state index contributed by atoms with van der Waals surface area (Å²) in [6.07, 6.45) is -1.03. The molecule has 9 nitrogen and oxygen atoms in total. The first-order valence-electron chi connectivity index (χ1n) is 8.26. The van der Waals surface area contributed by atoms with Crippen LogP contribution in [-0.4, -0.2) is 54.9 Å². The second-order valence-corrected chi connectivity index (χ2v) is 6.82. The first-order chi connectivity index (χ1) is 12.9. The summed E-state index contributed by atoms with van der Waals surface area (Å²) in [6.45, 7) is 2.65. The molecule has 10 heteroatoms. The van der Waals surface area contributed by atoms with Crippen molar-refractivity contribution in [1.82, 2.24) is 9.97 Å². The first-order valence-corrected chi connectivity index (χ1v) is 9.14. The van der Waals surface area contributed by atoms with Gasteiger partial charge in [-0.2, -0.15) is 9.97 Å². The normalized spacial score (nSPS) is 21.9. The maximum Gasteiger partial charge on any atom is 0.320 e. The third-order valence-corrected chi connectivity index (χ3v) is 5.06. The summed E-state index contributed by atoms with van der Waals surface area (Å²) in [7, 11) is 3.00. The number of esters is 2. The molecule has 0 aromatic carbocycles. The molecule has 2 aromatic heterocycles. The summed E-state index contributed by atoms with van der Waals surface area (Å²) in [6, 6.07) is 0.185. The van der Waals surface area contributed by atoms with E-state index >= 15 is 0 Å². The Balaban J connectivity index is 1.91. The number of carbonyl (C=O) groups excluding carboxylic acids is 2. The SMILES string of the molecule is COc1nc(OC)c2scc([C@H]3C[C@H](OC(C)=O)[C@@H](COC(C)=O)O3)c2n1. The zero-order valence-electron chi connectivity index (χ0n) is 15.4. The highest BCUT2D eigenvalue weighted by atomic mass is 32.1. The van der Waals surface area contributed by atoms with Crippen molar-refractivity contribution in [3.05, 3.63) is 10.9 Å². The van der Waals surface area contributed by atoms with E-state index in [9.17, 15) is 9.59 Å². The van der Waals surface area contributed by atoms with Crippen LogP contribution in [0.15, 0.2) is 5.38 Å². The van der Waals surface area contributed by atoms with Crippen molar-refractivity contribution in [3.63, 3.8) is 0 Å². The fourth-order valence-electron chi connectivity index (χ4n) is 2.95. The van der Waals surface area contributed by atoms with Gasteiger partial charge in [-0.1, -0.05) is 0 Å². The highest BCUT2D eigenvalue weighted by Gasteiger charge is 2.40. The zero-order chi connectivity index (χ0) is 19.6. The maximum atomic E-state index is 11.4. The molecule has 27 heavy (non-hydrogen) atoms. The Morgan fingerprint density at radius 1 is 1.22 bits per heavy atom. The molecule has 1 aliphatic rings. The predicted octanol–water partition coefficient (Wildman–Crippen LogP) is 2.03. The largest absolute Gasteiger partial charge is 0.480 e. The molecule has 3 rings (SSSR count). The average Bonchev–Trinajstić information content (AvgIpc) is 3.22. The molecule has 0 spiro atoms. The van der Waals surface area contributed by atoms with E-state index < -0.39 is 24.1 Å². The fourth-order valence-corrected chi connectivity index (χ4v) is 3.96. The van der Waals surface area contributed by atoms with Gasteiger partial charge in [-0.15, -0.1) is 11.3 Å². The lowest BCUT2D eigenvalue weighted by Gasteiger charge is -2.17. The van der Waals surface area contributed by atoms with Crippen LogP contribution in [0.3, 0.4) is 0 Å². The van der Waals surface area contributed by atoms with E-state index in [0.29, 0.717) is 17.8 Å². The summed E-state index contributed by atoms with van der Waals surface area (Å²) < 4.78 is 27.7. The van der Waals surface area contributed by atoms with Crippen molar-refractivity contribution in [2.24, 2.45) is 0 Å². The third kappa shape index (κ3) is 4.11. The van der Waals surface area contributed by atoms with Crippen LogP contribution in [0.2, 0.25) is 0 Å². The number of fused-ring (bicyclic) bond motifs is 1. The molecule has 0 unspecified atom stereocenters. The zero-order valence-corrected chi connectivity index (χ0v) is 16.2. The summed E-state index contributed by atoms with van der Waals surface area (Å²) >= 11 is 1.43. The number of rotatable bonds is 6. The van der Waals surface area contributed by atoms with E-state index in [0.717, 1.165) is 10.3 Å². The molecule has 0 N–H and O–H groups in total. The van der Waals surface area contributed by atoms with Crippen molar-refractivity contribution in [1.29, 1.82) is 0 Å². The molecule has 3 atom stereocenters. The summed E-state index contributed by atoms with van der Waals surface area (Å²) in [5, 5.41) is 1.91. The molecule has 0 radical (unpaired) electrons. The minimum absolute atomic E-state index is 0.00742. The van der Waals surface area contributed by atoms with Crippen LogP contribution in [0.1, 0.15) is 31.9 Å². The Morgan fingerprint density at radius 3 is 2.63 bits per heavy atom. The van der Waals surface area contributed by atoms with Crippen molar-refractivity contribution in [2.45, 2.75) is 38.6 Å². The molecular formula is C17H20N2O7S. The van der Waals surface area contributed by atoms with Crippen LogP contribution in [0.5, 0.6) is 11.9 Å². The van der Waals surface area contributed by atoms with Crippen LogP contribution in [0.4, 0.5) is 0 Å². The van der Waals surface area contributed by atoms with Crippen molar-refractivity contribution >= 4 is 33.5 Å². The number of thiophene rings is 1. The molecule has 3 heterocycles. The van der Waals surface area contributed by atoms with E-state index in [4.69, 9.17) is 23.7 Å². The minimum Gasteiger partial charge on any atom is -0.480 e. The Kier molecular flexibility index (Phi) is 5.76. The quantitative estimate of drug-likeness (QED) is 0.678. The first kappa shape index (κ1) is 19.3. The lowest BCUT2D eigenvalue weighted by molar-refractivity contribution is -0.154. The molecule has 0 bridgehead atoms.